The molecule has 1 rings (SSSR count). The monoisotopic (exact) mass is 1020 g/mol. The Labute approximate surface area is 427 Å². The lowest BCUT2D eigenvalue weighted by atomic mass is 9.99. The molecule has 1 aliphatic heterocycles. The molecule has 0 spiro atoms. The standard InChI is InChI=1S/C56H107NO12S/c1-3-5-7-9-11-13-15-17-19-21-23-25-27-29-31-33-35-37-39-41-43-45-50(60)55(63)57-48(47-67-56-53(62)54(69-70(64,65)66)52(61)51(46-58)68-56)49(59)44-42-40-38-36-34-32-30-28-26-24-22-20-18-16-14-12-10-8-6-4-2/h27,29,42,44,48-54,56,58-62H,3-26,28,30-41,43,45-47H2,1-2H3,(H,57,63)(H,64,65,66)/b29-27-,44-42+. The van der Waals surface area contributed by atoms with E-state index < -0.39 is 78.5 Å². The molecule has 1 aliphatic rings. The molecule has 8 unspecified atom stereocenters. The first kappa shape index (κ1) is 66.6. The van der Waals surface area contributed by atoms with Gasteiger partial charge in [-0.05, 0) is 44.9 Å². The second kappa shape index (κ2) is 46.1. The zero-order chi connectivity index (χ0) is 51.3. The zero-order valence-electron chi connectivity index (χ0n) is 44.5. The van der Waals surface area contributed by atoms with Crippen LogP contribution in [0.4, 0.5) is 0 Å². The number of rotatable bonds is 50. The Balaban J connectivity index is 2.45. The average molecular weight is 1020 g/mol. The van der Waals surface area contributed by atoms with Gasteiger partial charge < -0.3 is 40.3 Å². The first-order valence-corrected chi connectivity index (χ1v) is 30.2. The molecular weight excluding hydrogens is 911 g/mol. The molecule has 414 valence electrons. The quantitative estimate of drug-likeness (QED) is 0.0172. The van der Waals surface area contributed by atoms with Crippen LogP contribution in [0.25, 0.3) is 0 Å². The summed E-state index contributed by atoms with van der Waals surface area (Å²) in [6.07, 6.45) is 43.9. The molecule has 0 bridgehead atoms. The van der Waals surface area contributed by atoms with Gasteiger partial charge in [0, 0.05) is 0 Å². The first-order chi connectivity index (χ1) is 33.9. The van der Waals surface area contributed by atoms with Gasteiger partial charge >= 0.3 is 10.4 Å². The fraction of sp³-hybridized carbons (Fsp3) is 0.911. The molecule has 0 aromatic heterocycles. The van der Waals surface area contributed by atoms with Gasteiger partial charge in [-0.3, -0.25) is 9.35 Å². The van der Waals surface area contributed by atoms with Crippen molar-refractivity contribution >= 4 is 16.3 Å². The highest BCUT2D eigenvalue weighted by atomic mass is 32.3. The summed E-state index contributed by atoms with van der Waals surface area (Å²) in [5.41, 5.74) is 0. The second-order valence-electron chi connectivity index (χ2n) is 20.4. The van der Waals surface area contributed by atoms with Crippen molar-refractivity contribution in [2.75, 3.05) is 13.2 Å². The minimum absolute atomic E-state index is 0.238. The van der Waals surface area contributed by atoms with Crippen molar-refractivity contribution in [3.05, 3.63) is 24.3 Å². The van der Waals surface area contributed by atoms with Crippen LogP contribution >= 0.6 is 0 Å². The Bertz CT molecular complexity index is 1350. The predicted octanol–water partition coefficient (Wildman–Crippen LogP) is 12.2. The molecule has 0 aromatic rings. The molecule has 0 aromatic carbocycles. The topological polar surface area (TPSA) is 212 Å². The van der Waals surface area contributed by atoms with Gasteiger partial charge in [0.05, 0.1) is 25.4 Å². The third kappa shape index (κ3) is 37.3. The smallest absolute Gasteiger partial charge is 0.394 e. The minimum Gasteiger partial charge on any atom is -0.394 e. The van der Waals surface area contributed by atoms with Gasteiger partial charge in [-0.15, -0.1) is 0 Å². The van der Waals surface area contributed by atoms with E-state index in [1.54, 1.807) is 6.08 Å². The second-order valence-corrected chi connectivity index (χ2v) is 21.4. The minimum atomic E-state index is -5.12. The maximum absolute atomic E-state index is 13.2. The van der Waals surface area contributed by atoms with Crippen LogP contribution in [0.15, 0.2) is 24.3 Å². The van der Waals surface area contributed by atoms with Crippen molar-refractivity contribution in [2.24, 2.45) is 0 Å². The van der Waals surface area contributed by atoms with E-state index in [0.29, 0.717) is 12.8 Å². The molecule has 1 saturated heterocycles. The summed E-state index contributed by atoms with van der Waals surface area (Å²) in [6, 6.07) is -1.12. The van der Waals surface area contributed by atoms with Crippen LogP contribution < -0.4 is 5.32 Å². The molecule has 7 N–H and O–H groups in total. The number of hydrogen-bond acceptors (Lipinski definition) is 11. The van der Waals surface area contributed by atoms with Gasteiger partial charge in [-0.2, -0.15) is 8.42 Å². The highest BCUT2D eigenvalue weighted by Crippen LogP contribution is 2.26. The van der Waals surface area contributed by atoms with Gasteiger partial charge in [-0.25, -0.2) is 4.18 Å². The van der Waals surface area contributed by atoms with Crippen LogP contribution in [0.5, 0.6) is 0 Å². The molecule has 1 heterocycles. The summed E-state index contributed by atoms with van der Waals surface area (Å²) in [6.45, 7) is 3.26. The maximum Gasteiger partial charge on any atom is 0.397 e. The summed E-state index contributed by atoms with van der Waals surface area (Å²) in [4.78, 5) is 13.2. The van der Waals surface area contributed by atoms with Gasteiger partial charge in [0.1, 0.15) is 30.5 Å². The van der Waals surface area contributed by atoms with Gasteiger partial charge in [0.2, 0.25) is 5.91 Å². The lowest BCUT2D eigenvalue weighted by Crippen LogP contribution is -2.61. The van der Waals surface area contributed by atoms with Gasteiger partial charge in [0.25, 0.3) is 0 Å². The van der Waals surface area contributed by atoms with Gasteiger partial charge in [0.15, 0.2) is 6.29 Å². The van der Waals surface area contributed by atoms with Crippen LogP contribution in [0.2, 0.25) is 0 Å². The van der Waals surface area contributed by atoms with Crippen molar-refractivity contribution in [2.45, 2.75) is 313 Å². The van der Waals surface area contributed by atoms with Gasteiger partial charge in [-0.1, -0.05) is 244 Å². The zero-order valence-corrected chi connectivity index (χ0v) is 45.3. The van der Waals surface area contributed by atoms with Crippen molar-refractivity contribution in [1.82, 2.24) is 5.32 Å². The number of aliphatic hydroxyl groups excluding tert-OH is 5. The number of amides is 1. The predicted molar refractivity (Wildman–Crippen MR) is 284 cm³/mol. The molecule has 8 atom stereocenters. The van der Waals surface area contributed by atoms with E-state index in [4.69, 9.17) is 9.47 Å². The van der Waals surface area contributed by atoms with Crippen LogP contribution in [0.1, 0.15) is 264 Å². The molecule has 70 heavy (non-hydrogen) atoms. The maximum atomic E-state index is 13.2. The normalized spacial score (nSPS) is 20.1. The largest absolute Gasteiger partial charge is 0.397 e. The lowest BCUT2D eigenvalue weighted by Gasteiger charge is -2.41. The van der Waals surface area contributed by atoms with Crippen molar-refractivity contribution in [3.8, 4) is 0 Å². The van der Waals surface area contributed by atoms with Crippen LogP contribution in [0, 0.1) is 0 Å². The summed E-state index contributed by atoms with van der Waals surface area (Å²) in [7, 11) is -5.12. The number of hydrogen-bond donors (Lipinski definition) is 7. The van der Waals surface area contributed by atoms with E-state index in [2.05, 4.69) is 35.5 Å². The summed E-state index contributed by atoms with van der Waals surface area (Å²) < 4.78 is 47.8. The molecule has 0 saturated carbocycles. The van der Waals surface area contributed by atoms with Crippen LogP contribution in [-0.2, 0) is 28.9 Å². The van der Waals surface area contributed by atoms with E-state index in [-0.39, 0.29) is 6.42 Å². The van der Waals surface area contributed by atoms with E-state index in [1.165, 1.54) is 173 Å². The number of aliphatic hydroxyl groups is 5. The number of allylic oxidation sites excluding steroid dienone is 3. The molecular formula is C56H107NO12S. The number of unbranched alkanes of at least 4 members (excludes halogenated alkanes) is 35. The van der Waals surface area contributed by atoms with Crippen LogP contribution in [-0.4, -0.2) is 107 Å². The van der Waals surface area contributed by atoms with Crippen LogP contribution in [0.3, 0.4) is 0 Å². The highest BCUT2D eigenvalue weighted by Gasteiger charge is 2.48. The molecule has 1 fully saturated rings. The van der Waals surface area contributed by atoms with Crippen molar-refractivity contribution in [3.63, 3.8) is 0 Å². The Morgan fingerprint density at radius 1 is 0.571 bits per heavy atom. The summed E-state index contributed by atoms with van der Waals surface area (Å²) >= 11 is 0. The molecule has 14 heteroatoms. The van der Waals surface area contributed by atoms with Crippen molar-refractivity contribution in [1.29, 1.82) is 0 Å². The Kier molecular flexibility index (Phi) is 43.8. The molecule has 0 aliphatic carbocycles. The fourth-order valence-electron chi connectivity index (χ4n) is 9.28. The number of carbonyl (C=O) groups excluding carboxylic acids is 1. The SMILES string of the molecule is CCCCCCCCCCCCC/C=C\CCCCCCCCC(O)C(=O)NC(COC1OC(CO)C(O)C(OS(=O)(=O)O)C1O)C(O)/C=C/CCCCCCCCCCCCCCCCCCCC. The van der Waals surface area contributed by atoms with E-state index in [9.17, 15) is 43.3 Å². The highest BCUT2D eigenvalue weighted by molar-refractivity contribution is 7.80. The molecule has 1 amide bonds. The van der Waals surface area contributed by atoms with E-state index in [1.807, 2.05) is 6.08 Å². The number of carbonyl (C=O) groups is 1. The van der Waals surface area contributed by atoms with E-state index in [0.717, 1.165) is 57.8 Å². The van der Waals surface area contributed by atoms with E-state index >= 15 is 0 Å². The summed E-state index contributed by atoms with van der Waals surface area (Å²) in [5, 5.41) is 55.5. The molecule has 0 radical (unpaired) electrons. The Morgan fingerprint density at radius 3 is 1.33 bits per heavy atom. The molecule has 13 nitrogen and oxygen atoms in total. The first-order valence-electron chi connectivity index (χ1n) is 28.8. The van der Waals surface area contributed by atoms with Crippen molar-refractivity contribution < 1.29 is 57.0 Å². The third-order valence-corrected chi connectivity index (χ3v) is 14.3. The average Bonchev–Trinajstić information content (AvgIpc) is 3.33. The third-order valence-electron chi connectivity index (χ3n) is 13.8. The lowest BCUT2D eigenvalue weighted by molar-refractivity contribution is -0.298. The Hall–Kier alpha value is -1.46. The fourth-order valence-corrected chi connectivity index (χ4v) is 9.79. The Morgan fingerprint density at radius 2 is 0.943 bits per heavy atom. The number of nitrogens with one attached hydrogen (secondary N) is 1. The summed E-state index contributed by atoms with van der Waals surface area (Å²) in [5.74, 6) is -0.703. The number of ether oxygens (including phenoxy) is 2.